The van der Waals surface area contributed by atoms with Crippen LogP contribution in [0.1, 0.15) is 22.5 Å². The van der Waals surface area contributed by atoms with E-state index < -0.39 is 23.9 Å². The van der Waals surface area contributed by atoms with Gasteiger partial charge in [-0.2, -0.15) is 4.39 Å². The standard InChI is InChI=1S/C14H15FN4O3.ClH/c1-7-2-3-10-18-11(12(15)19(10)6-7)13(20)17-8-4-9(14(21)22)16-5-8;/h2-3,6,8-9,16H,4-5H2,1H3,(H,17,20)(H,21,22);1H/t8-,9-;/m0./s1. The molecule has 1 saturated heterocycles. The molecule has 0 bridgehead atoms. The Morgan fingerprint density at radius 2 is 2.22 bits per heavy atom. The number of hydrogen-bond donors (Lipinski definition) is 3. The van der Waals surface area contributed by atoms with Crippen molar-refractivity contribution in [3.05, 3.63) is 35.5 Å². The maximum Gasteiger partial charge on any atom is 0.320 e. The first kappa shape index (κ1) is 17.2. The van der Waals surface area contributed by atoms with Crippen molar-refractivity contribution < 1.29 is 19.1 Å². The minimum absolute atomic E-state index is 0. The smallest absolute Gasteiger partial charge is 0.320 e. The molecule has 3 N–H and O–H groups in total. The molecule has 0 saturated carbocycles. The Balaban J connectivity index is 0.00000192. The van der Waals surface area contributed by atoms with Gasteiger partial charge < -0.3 is 15.7 Å². The number of aliphatic carboxylic acids is 1. The molecule has 124 valence electrons. The highest BCUT2D eigenvalue weighted by atomic mass is 35.5. The largest absolute Gasteiger partial charge is 0.480 e. The minimum atomic E-state index is -0.967. The second kappa shape index (κ2) is 6.51. The molecular formula is C14H16ClFN4O3. The van der Waals surface area contributed by atoms with Gasteiger partial charge in [-0.15, -0.1) is 12.4 Å². The number of rotatable bonds is 3. The molecule has 1 aliphatic rings. The number of carboxylic acid groups (broad SMARTS) is 1. The van der Waals surface area contributed by atoms with Gasteiger partial charge in [0.25, 0.3) is 5.91 Å². The number of imidazole rings is 1. The molecule has 0 spiro atoms. The van der Waals surface area contributed by atoms with Crippen molar-refractivity contribution in [1.82, 2.24) is 20.0 Å². The van der Waals surface area contributed by atoms with Crippen molar-refractivity contribution >= 4 is 29.9 Å². The first-order valence-electron chi connectivity index (χ1n) is 6.87. The van der Waals surface area contributed by atoms with E-state index in [1.807, 2.05) is 6.92 Å². The molecule has 0 unspecified atom stereocenters. The molecule has 2 atom stereocenters. The number of carboxylic acids is 1. The summed E-state index contributed by atoms with van der Waals surface area (Å²) in [6.45, 7) is 2.14. The van der Waals surface area contributed by atoms with Crippen molar-refractivity contribution in [2.24, 2.45) is 0 Å². The van der Waals surface area contributed by atoms with Gasteiger partial charge in [-0.05, 0) is 25.0 Å². The molecule has 0 aliphatic carbocycles. The molecule has 3 heterocycles. The highest BCUT2D eigenvalue weighted by Gasteiger charge is 2.31. The van der Waals surface area contributed by atoms with Crippen molar-refractivity contribution in [2.45, 2.75) is 25.4 Å². The van der Waals surface area contributed by atoms with Gasteiger partial charge in [-0.3, -0.25) is 14.0 Å². The third-order valence-corrected chi connectivity index (χ3v) is 3.69. The Hall–Kier alpha value is -2.19. The lowest BCUT2D eigenvalue weighted by Gasteiger charge is -2.09. The monoisotopic (exact) mass is 342 g/mol. The average molecular weight is 343 g/mol. The molecule has 1 amide bonds. The van der Waals surface area contributed by atoms with E-state index >= 15 is 0 Å². The minimum Gasteiger partial charge on any atom is -0.480 e. The Morgan fingerprint density at radius 3 is 2.87 bits per heavy atom. The van der Waals surface area contributed by atoms with Crippen molar-refractivity contribution in [2.75, 3.05) is 6.54 Å². The Labute approximate surface area is 137 Å². The summed E-state index contributed by atoms with van der Waals surface area (Å²) in [7, 11) is 0. The number of fused-ring (bicyclic) bond motifs is 1. The SMILES string of the molecule is Cc1ccc2nc(C(=O)N[C@@H]3CN[C@H](C(=O)O)C3)c(F)n2c1.Cl. The summed E-state index contributed by atoms with van der Waals surface area (Å²) >= 11 is 0. The van der Waals surface area contributed by atoms with Gasteiger partial charge in [0.2, 0.25) is 5.95 Å². The number of carbonyl (C=O) groups is 2. The van der Waals surface area contributed by atoms with E-state index in [-0.39, 0.29) is 30.6 Å². The first-order valence-corrected chi connectivity index (χ1v) is 6.87. The molecule has 9 heteroatoms. The van der Waals surface area contributed by atoms with E-state index in [1.165, 1.54) is 4.40 Å². The zero-order valence-corrected chi connectivity index (χ0v) is 13.1. The van der Waals surface area contributed by atoms with Crippen LogP contribution in [0, 0.1) is 12.9 Å². The molecule has 1 aliphatic heterocycles. The summed E-state index contributed by atoms with van der Waals surface area (Å²) in [5, 5.41) is 14.3. The Kier molecular flexibility index (Phi) is 4.86. The summed E-state index contributed by atoms with van der Waals surface area (Å²) < 4.78 is 15.5. The van der Waals surface area contributed by atoms with Crippen molar-refractivity contribution in [1.29, 1.82) is 0 Å². The summed E-state index contributed by atoms with van der Waals surface area (Å²) in [6.07, 6.45) is 1.82. The van der Waals surface area contributed by atoms with Crippen LogP contribution >= 0.6 is 12.4 Å². The summed E-state index contributed by atoms with van der Waals surface area (Å²) in [6, 6.07) is 2.35. The van der Waals surface area contributed by atoms with E-state index in [9.17, 15) is 14.0 Å². The number of pyridine rings is 1. The average Bonchev–Trinajstić information content (AvgIpc) is 3.05. The molecular weight excluding hydrogens is 327 g/mol. The van der Waals surface area contributed by atoms with Crippen LogP contribution in [0.3, 0.4) is 0 Å². The fraction of sp³-hybridized carbons (Fsp3) is 0.357. The predicted octanol–water partition coefficient (Wildman–Crippen LogP) is 0.749. The zero-order chi connectivity index (χ0) is 15.9. The molecule has 0 radical (unpaired) electrons. The van der Waals surface area contributed by atoms with Crippen LogP contribution in [-0.4, -0.2) is 45.0 Å². The van der Waals surface area contributed by atoms with Gasteiger partial charge >= 0.3 is 5.97 Å². The van der Waals surface area contributed by atoms with E-state index in [0.717, 1.165) is 5.56 Å². The van der Waals surface area contributed by atoms with Crippen LogP contribution < -0.4 is 10.6 Å². The summed E-state index contributed by atoms with van der Waals surface area (Å²) in [5.74, 6) is -2.33. The lowest BCUT2D eigenvalue weighted by atomic mass is 10.1. The Morgan fingerprint density at radius 1 is 1.48 bits per heavy atom. The van der Waals surface area contributed by atoms with Crippen molar-refractivity contribution in [3.63, 3.8) is 0 Å². The van der Waals surface area contributed by atoms with Crippen LogP contribution in [0.5, 0.6) is 0 Å². The first-order chi connectivity index (χ1) is 10.5. The van der Waals surface area contributed by atoms with Gasteiger partial charge in [0, 0.05) is 18.8 Å². The molecule has 23 heavy (non-hydrogen) atoms. The van der Waals surface area contributed by atoms with Crippen LogP contribution in [0.2, 0.25) is 0 Å². The Bertz CT molecular complexity index is 764. The number of nitrogens with one attached hydrogen (secondary N) is 2. The summed E-state index contributed by atoms with van der Waals surface area (Å²) in [4.78, 5) is 27.0. The summed E-state index contributed by atoms with van der Waals surface area (Å²) in [5.41, 5.74) is 0.908. The maximum atomic E-state index is 14.3. The topological polar surface area (TPSA) is 95.7 Å². The number of halogens is 2. The quantitative estimate of drug-likeness (QED) is 0.765. The lowest BCUT2D eigenvalue weighted by molar-refractivity contribution is -0.139. The molecule has 2 aromatic rings. The van der Waals surface area contributed by atoms with E-state index in [2.05, 4.69) is 15.6 Å². The van der Waals surface area contributed by atoms with Gasteiger partial charge in [0.15, 0.2) is 5.69 Å². The van der Waals surface area contributed by atoms with Gasteiger partial charge in [-0.25, -0.2) is 4.98 Å². The second-order valence-electron chi connectivity index (χ2n) is 5.39. The third kappa shape index (κ3) is 3.27. The normalized spacial score (nSPS) is 20.3. The van der Waals surface area contributed by atoms with Gasteiger partial charge in [0.1, 0.15) is 11.7 Å². The number of hydrogen-bond acceptors (Lipinski definition) is 4. The highest BCUT2D eigenvalue weighted by Crippen LogP contribution is 2.14. The van der Waals surface area contributed by atoms with Crippen LogP contribution in [-0.2, 0) is 4.79 Å². The van der Waals surface area contributed by atoms with E-state index in [0.29, 0.717) is 12.2 Å². The number of carbonyl (C=O) groups excluding carboxylic acids is 1. The number of nitrogens with zero attached hydrogens (tertiary/aromatic N) is 2. The van der Waals surface area contributed by atoms with Crippen molar-refractivity contribution in [3.8, 4) is 0 Å². The van der Waals surface area contributed by atoms with Crippen LogP contribution in [0.15, 0.2) is 18.3 Å². The fourth-order valence-corrected chi connectivity index (χ4v) is 2.55. The second-order valence-corrected chi connectivity index (χ2v) is 5.39. The van der Waals surface area contributed by atoms with Crippen LogP contribution in [0.25, 0.3) is 5.65 Å². The zero-order valence-electron chi connectivity index (χ0n) is 12.2. The maximum absolute atomic E-state index is 14.3. The fourth-order valence-electron chi connectivity index (χ4n) is 2.55. The molecule has 3 rings (SSSR count). The molecule has 2 aromatic heterocycles. The molecule has 1 fully saturated rings. The number of aromatic nitrogens is 2. The lowest BCUT2D eigenvalue weighted by Crippen LogP contribution is -2.36. The molecule has 7 nitrogen and oxygen atoms in total. The van der Waals surface area contributed by atoms with E-state index in [4.69, 9.17) is 5.11 Å². The highest BCUT2D eigenvalue weighted by molar-refractivity contribution is 5.93. The predicted molar refractivity (Wildman–Crippen MR) is 82.4 cm³/mol. The van der Waals surface area contributed by atoms with Gasteiger partial charge in [-0.1, -0.05) is 6.07 Å². The molecule has 0 aromatic carbocycles. The van der Waals surface area contributed by atoms with Crippen LogP contribution in [0.4, 0.5) is 4.39 Å². The van der Waals surface area contributed by atoms with E-state index in [1.54, 1.807) is 18.3 Å². The number of aryl methyl sites for hydroxylation is 1. The van der Waals surface area contributed by atoms with Gasteiger partial charge in [0.05, 0.1) is 0 Å². The third-order valence-electron chi connectivity index (χ3n) is 3.69. The number of amides is 1.